The maximum Gasteiger partial charge on any atom is 0.258 e. The van der Waals surface area contributed by atoms with Crippen molar-refractivity contribution in [3.63, 3.8) is 0 Å². The van der Waals surface area contributed by atoms with E-state index >= 15 is 0 Å². The van der Waals surface area contributed by atoms with Crippen molar-refractivity contribution < 1.29 is 4.79 Å². The number of rotatable bonds is 2. The van der Waals surface area contributed by atoms with Crippen LogP contribution in [0.15, 0.2) is 47.2 Å². The zero-order valence-corrected chi connectivity index (χ0v) is 15.7. The molecule has 25 heavy (non-hydrogen) atoms. The minimum Gasteiger partial charge on any atom is -0.338 e. The second kappa shape index (κ2) is 6.77. The van der Waals surface area contributed by atoms with Gasteiger partial charge in [-0.05, 0) is 40.3 Å². The molecule has 3 heterocycles. The molecule has 5 nitrogen and oxygen atoms in total. The lowest BCUT2D eigenvalue weighted by molar-refractivity contribution is 0.0712. The van der Waals surface area contributed by atoms with Gasteiger partial charge in [-0.15, -0.1) is 0 Å². The maximum absolute atomic E-state index is 12.9. The molecule has 4 rings (SSSR count). The van der Waals surface area contributed by atoms with Crippen molar-refractivity contribution in [2.24, 2.45) is 0 Å². The number of carbonyl (C=O) groups excluding carboxylic acids is 1. The van der Waals surface area contributed by atoms with Crippen LogP contribution in [0.5, 0.6) is 0 Å². The molecule has 1 aliphatic rings. The summed E-state index contributed by atoms with van der Waals surface area (Å²) >= 11 is 9.75. The fourth-order valence-electron chi connectivity index (χ4n) is 3.33. The molecule has 0 N–H and O–H groups in total. The maximum atomic E-state index is 12.9. The van der Waals surface area contributed by atoms with Gasteiger partial charge in [-0.25, -0.2) is 9.50 Å². The first-order valence-electron chi connectivity index (χ1n) is 8.17. The molecule has 0 unspecified atom stereocenters. The summed E-state index contributed by atoms with van der Waals surface area (Å²) in [6.07, 6.45) is 5.07. The van der Waals surface area contributed by atoms with Gasteiger partial charge in [-0.1, -0.05) is 41.9 Å². The molecule has 0 aliphatic carbocycles. The van der Waals surface area contributed by atoms with E-state index < -0.39 is 0 Å². The number of piperidine rings is 1. The highest BCUT2D eigenvalue weighted by Crippen LogP contribution is 2.29. The van der Waals surface area contributed by atoms with Crippen LogP contribution in [-0.2, 0) is 0 Å². The highest BCUT2D eigenvalue weighted by atomic mass is 79.9. The van der Waals surface area contributed by atoms with Crippen LogP contribution in [0.1, 0.15) is 34.7 Å². The highest BCUT2D eigenvalue weighted by molar-refractivity contribution is 9.10. The van der Waals surface area contributed by atoms with Gasteiger partial charge >= 0.3 is 0 Å². The SMILES string of the molecule is O=C(c1cnc2c(Br)cnn2c1Cl)N1CCC(c2ccccc2)CC1. The predicted molar refractivity (Wildman–Crippen MR) is 100 cm³/mol. The molecule has 1 aromatic carbocycles. The third kappa shape index (κ3) is 3.04. The number of carbonyl (C=O) groups is 1. The van der Waals surface area contributed by atoms with E-state index in [1.165, 1.54) is 16.3 Å². The molecule has 1 amide bonds. The molecule has 0 bridgehead atoms. The lowest BCUT2D eigenvalue weighted by atomic mass is 9.89. The van der Waals surface area contributed by atoms with Crippen LogP contribution in [-0.4, -0.2) is 38.5 Å². The molecule has 0 radical (unpaired) electrons. The number of likely N-dealkylation sites (tertiary alicyclic amines) is 1. The standard InChI is InChI=1S/C18H16BrClN4O/c19-15-11-22-24-16(20)14(10-21-17(15)24)18(25)23-8-6-13(7-9-23)12-4-2-1-3-5-12/h1-5,10-11,13H,6-9H2. The summed E-state index contributed by atoms with van der Waals surface area (Å²) in [5, 5.41) is 4.46. The summed E-state index contributed by atoms with van der Waals surface area (Å²) in [7, 11) is 0. The van der Waals surface area contributed by atoms with E-state index in [2.05, 4.69) is 50.3 Å². The van der Waals surface area contributed by atoms with Gasteiger partial charge in [0.1, 0.15) is 5.15 Å². The molecule has 7 heteroatoms. The third-order valence-corrected chi connectivity index (χ3v) is 5.63. The van der Waals surface area contributed by atoms with Crippen LogP contribution in [0.2, 0.25) is 5.15 Å². The first kappa shape index (κ1) is 16.5. The Balaban J connectivity index is 1.52. The Hall–Kier alpha value is -1.92. The largest absolute Gasteiger partial charge is 0.338 e. The van der Waals surface area contributed by atoms with E-state index in [0.717, 1.165) is 30.4 Å². The molecule has 0 spiro atoms. The van der Waals surface area contributed by atoms with E-state index in [-0.39, 0.29) is 5.91 Å². The third-order valence-electron chi connectivity index (χ3n) is 4.71. The van der Waals surface area contributed by atoms with Crippen LogP contribution in [0, 0.1) is 0 Å². The molecule has 3 aromatic rings. The summed E-state index contributed by atoms with van der Waals surface area (Å²) in [6, 6.07) is 10.5. The van der Waals surface area contributed by atoms with Crippen LogP contribution in [0.25, 0.3) is 5.65 Å². The second-order valence-corrected chi connectivity index (χ2v) is 7.38. The van der Waals surface area contributed by atoms with Crippen molar-refractivity contribution in [2.45, 2.75) is 18.8 Å². The molecule has 1 saturated heterocycles. The number of amides is 1. The number of fused-ring (bicyclic) bond motifs is 1. The smallest absolute Gasteiger partial charge is 0.258 e. The number of nitrogens with zero attached hydrogens (tertiary/aromatic N) is 4. The molecular formula is C18H16BrClN4O. The number of hydrogen-bond acceptors (Lipinski definition) is 3. The van der Waals surface area contributed by atoms with Crippen LogP contribution >= 0.6 is 27.5 Å². The van der Waals surface area contributed by atoms with Crippen molar-refractivity contribution in [3.8, 4) is 0 Å². The summed E-state index contributed by atoms with van der Waals surface area (Å²) < 4.78 is 2.23. The molecule has 0 atom stereocenters. The van der Waals surface area contributed by atoms with Gasteiger partial charge in [0, 0.05) is 19.3 Å². The Morgan fingerprint density at radius 1 is 1.16 bits per heavy atom. The number of hydrogen-bond donors (Lipinski definition) is 0. The van der Waals surface area contributed by atoms with E-state index in [9.17, 15) is 4.79 Å². The Bertz CT molecular complexity index is 919. The molecule has 1 fully saturated rings. The van der Waals surface area contributed by atoms with Gasteiger partial charge in [0.25, 0.3) is 5.91 Å². The normalized spacial score (nSPS) is 15.7. The van der Waals surface area contributed by atoms with E-state index in [0.29, 0.717) is 22.3 Å². The quantitative estimate of drug-likeness (QED) is 0.586. The lowest BCUT2D eigenvalue weighted by Crippen LogP contribution is -2.38. The van der Waals surface area contributed by atoms with Gasteiger partial charge in [0.2, 0.25) is 0 Å². The first-order chi connectivity index (χ1) is 12.1. The summed E-state index contributed by atoms with van der Waals surface area (Å²) in [5.74, 6) is 0.418. The fourth-order valence-corrected chi connectivity index (χ4v) is 3.95. The molecule has 0 saturated carbocycles. The van der Waals surface area contributed by atoms with Gasteiger partial charge < -0.3 is 4.90 Å². The second-order valence-electron chi connectivity index (χ2n) is 6.17. The van der Waals surface area contributed by atoms with Crippen molar-refractivity contribution in [1.29, 1.82) is 0 Å². The van der Waals surface area contributed by atoms with Crippen molar-refractivity contribution >= 4 is 39.1 Å². The summed E-state index contributed by atoms with van der Waals surface area (Å²) in [4.78, 5) is 19.0. The molecule has 1 aliphatic heterocycles. The summed E-state index contributed by atoms with van der Waals surface area (Å²) in [6.45, 7) is 1.44. The average Bonchev–Trinajstić information content (AvgIpc) is 3.04. The fraction of sp³-hybridized carbons (Fsp3) is 0.278. The Morgan fingerprint density at radius 3 is 2.60 bits per heavy atom. The topological polar surface area (TPSA) is 50.5 Å². The van der Waals surface area contributed by atoms with Crippen molar-refractivity contribution in [1.82, 2.24) is 19.5 Å². The predicted octanol–water partition coefficient (Wildman–Crippen LogP) is 4.17. The molecule has 128 valence electrons. The van der Waals surface area contributed by atoms with Gasteiger partial charge in [-0.2, -0.15) is 5.10 Å². The van der Waals surface area contributed by atoms with Crippen LogP contribution in [0.3, 0.4) is 0 Å². The average molecular weight is 420 g/mol. The van der Waals surface area contributed by atoms with E-state index in [1.807, 2.05) is 11.0 Å². The van der Waals surface area contributed by atoms with Gasteiger partial charge in [0.15, 0.2) is 5.65 Å². The zero-order valence-electron chi connectivity index (χ0n) is 13.4. The van der Waals surface area contributed by atoms with Gasteiger partial charge in [-0.3, -0.25) is 4.79 Å². The lowest BCUT2D eigenvalue weighted by Gasteiger charge is -2.32. The number of aromatic nitrogens is 3. The monoisotopic (exact) mass is 418 g/mol. The Morgan fingerprint density at radius 2 is 1.88 bits per heavy atom. The molecule has 2 aromatic heterocycles. The Kier molecular flexibility index (Phi) is 4.48. The van der Waals surface area contributed by atoms with E-state index in [1.54, 1.807) is 6.20 Å². The van der Waals surface area contributed by atoms with Crippen LogP contribution in [0.4, 0.5) is 0 Å². The number of benzene rings is 1. The van der Waals surface area contributed by atoms with Crippen molar-refractivity contribution in [3.05, 3.63) is 63.5 Å². The van der Waals surface area contributed by atoms with Crippen LogP contribution < -0.4 is 0 Å². The van der Waals surface area contributed by atoms with E-state index in [4.69, 9.17) is 11.6 Å². The first-order valence-corrected chi connectivity index (χ1v) is 9.34. The highest BCUT2D eigenvalue weighted by Gasteiger charge is 2.27. The minimum atomic E-state index is -0.0856. The Labute approximate surface area is 158 Å². The van der Waals surface area contributed by atoms with Crippen molar-refractivity contribution in [2.75, 3.05) is 13.1 Å². The molecular weight excluding hydrogens is 404 g/mol. The summed E-state index contributed by atoms with van der Waals surface area (Å²) in [5.41, 5.74) is 2.34. The zero-order chi connectivity index (χ0) is 17.4. The number of halogens is 2. The minimum absolute atomic E-state index is 0.0856. The van der Waals surface area contributed by atoms with Gasteiger partial charge in [0.05, 0.1) is 16.2 Å².